The highest BCUT2D eigenvalue weighted by Gasteiger charge is 2.27. The number of hydrogen-bond donors (Lipinski definition) is 2. The fraction of sp³-hybridized carbons (Fsp3) is 0.909. The molecule has 0 bridgehead atoms. The maximum absolute atomic E-state index is 11.9. The Morgan fingerprint density at radius 1 is 1.44 bits per heavy atom. The van der Waals surface area contributed by atoms with Gasteiger partial charge in [-0.1, -0.05) is 12.8 Å². The van der Waals surface area contributed by atoms with Gasteiger partial charge in [-0.3, -0.25) is 4.79 Å². The maximum atomic E-state index is 11.9. The van der Waals surface area contributed by atoms with Crippen LogP contribution in [0.25, 0.3) is 0 Å². The molecule has 0 aromatic heterocycles. The average molecular weight is 278 g/mol. The van der Waals surface area contributed by atoms with Gasteiger partial charge in [0, 0.05) is 19.6 Å². The fourth-order valence-electron chi connectivity index (χ4n) is 2.25. The summed E-state index contributed by atoms with van der Waals surface area (Å²) in [4.78, 5) is 10.4. The predicted molar refractivity (Wildman–Crippen MR) is 68.4 cm³/mol. The molecule has 1 aliphatic rings. The molecule has 1 atom stereocenters. The standard InChI is InChI=1S/C11H22N2O4S/c1-9(10-5-3-4-6-10)12-18(16,17)13(2)8-7-11(14)15/h9-10,12H,3-8H2,1-2H3,(H,14,15). The van der Waals surface area contributed by atoms with Crippen LogP contribution in [0, 0.1) is 5.92 Å². The van der Waals surface area contributed by atoms with Crippen LogP contribution in [-0.4, -0.2) is 43.4 Å². The molecule has 0 aromatic carbocycles. The van der Waals surface area contributed by atoms with Gasteiger partial charge in [-0.15, -0.1) is 0 Å². The SMILES string of the molecule is CC(NS(=O)(=O)N(C)CCC(=O)O)C1CCCC1. The largest absolute Gasteiger partial charge is 0.481 e. The molecule has 0 heterocycles. The van der Waals surface area contributed by atoms with Crippen LogP contribution in [0.5, 0.6) is 0 Å². The summed E-state index contributed by atoms with van der Waals surface area (Å²) in [5.41, 5.74) is 0. The molecule has 1 rings (SSSR count). The van der Waals surface area contributed by atoms with Gasteiger partial charge in [-0.05, 0) is 25.7 Å². The van der Waals surface area contributed by atoms with Gasteiger partial charge in [-0.2, -0.15) is 17.4 Å². The van der Waals surface area contributed by atoms with Gasteiger partial charge in [0.25, 0.3) is 10.2 Å². The first-order chi connectivity index (χ1) is 8.33. The molecule has 0 spiro atoms. The van der Waals surface area contributed by atoms with Gasteiger partial charge in [-0.25, -0.2) is 0 Å². The second kappa shape index (κ2) is 6.49. The zero-order valence-electron chi connectivity index (χ0n) is 10.9. The number of hydrogen-bond acceptors (Lipinski definition) is 3. The van der Waals surface area contributed by atoms with Crippen molar-refractivity contribution in [1.82, 2.24) is 9.03 Å². The van der Waals surface area contributed by atoms with E-state index in [0.29, 0.717) is 5.92 Å². The summed E-state index contributed by atoms with van der Waals surface area (Å²) in [6.45, 7) is 1.86. The lowest BCUT2D eigenvalue weighted by molar-refractivity contribution is -0.137. The van der Waals surface area contributed by atoms with Crippen molar-refractivity contribution in [1.29, 1.82) is 0 Å². The number of nitrogens with zero attached hydrogens (tertiary/aromatic N) is 1. The Hall–Kier alpha value is -0.660. The second-order valence-electron chi connectivity index (χ2n) is 4.92. The van der Waals surface area contributed by atoms with Crippen LogP contribution in [0.4, 0.5) is 0 Å². The lowest BCUT2D eigenvalue weighted by atomic mass is 10.0. The van der Waals surface area contributed by atoms with Crippen LogP contribution >= 0.6 is 0 Å². The third-order valence-electron chi connectivity index (χ3n) is 3.49. The summed E-state index contributed by atoms with van der Waals surface area (Å²) in [7, 11) is -2.18. The second-order valence-corrected chi connectivity index (χ2v) is 6.73. The molecule has 106 valence electrons. The monoisotopic (exact) mass is 278 g/mol. The van der Waals surface area contributed by atoms with Crippen LogP contribution in [0.1, 0.15) is 39.0 Å². The number of nitrogens with one attached hydrogen (secondary N) is 1. The topological polar surface area (TPSA) is 86.7 Å². The molecule has 7 heteroatoms. The number of carboxylic acid groups (broad SMARTS) is 1. The van der Waals surface area contributed by atoms with Crippen molar-refractivity contribution < 1.29 is 18.3 Å². The first-order valence-corrected chi connectivity index (χ1v) is 7.72. The van der Waals surface area contributed by atoms with E-state index in [1.165, 1.54) is 7.05 Å². The molecule has 6 nitrogen and oxygen atoms in total. The molecule has 1 aliphatic carbocycles. The van der Waals surface area contributed by atoms with Crippen LogP contribution in [0.15, 0.2) is 0 Å². The summed E-state index contributed by atoms with van der Waals surface area (Å²) in [6, 6.07) is -0.0928. The van der Waals surface area contributed by atoms with Crippen LogP contribution < -0.4 is 4.72 Å². The summed E-state index contributed by atoms with van der Waals surface area (Å²) >= 11 is 0. The summed E-state index contributed by atoms with van der Waals surface area (Å²) in [6.07, 6.45) is 4.25. The highest BCUT2D eigenvalue weighted by Crippen LogP contribution is 2.27. The molecule has 0 radical (unpaired) electrons. The Kier molecular flexibility index (Phi) is 5.55. The zero-order valence-corrected chi connectivity index (χ0v) is 11.7. The molecule has 0 aliphatic heterocycles. The van der Waals surface area contributed by atoms with E-state index in [1.54, 1.807) is 0 Å². The molecular weight excluding hydrogens is 256 g/mol. The quantitative estimate of drug-likeness (QED) is 0.721. The van der Waals surface area contributed by atoms with E-state index >= 15 is 0 Å². The van der Waals surface area contributed by atoms with Gasteiger partial charge in [0.1, 0.15) is 0 Å². The normalized spacial score (nSPS) is 19.3. The van der Waals surface area contributed by atoms with Crippen LogP contribution in [-0.2, 0) is 15.0 Å². The fourth-order valence-corrected chi connectivity index (χ4v) is 3.43. The zero-order chi connectivity index (χ0) is 13.8. The Bertz CT molecular complexity index is 377. The highest BCUT2D eigenvalue weighted by atomic mass is 32.2. The number of rotatable bonds is 7. The van der Waals surface area contributed by atoms with E-state index in [4.69, 9.17) is 5.11 Å². The Morgan fingerprint density at radius 3 is 2.50 bits per heavy atom. The first kappa shape index (κ1) is 15.4. The molecule has 2 N–H and O–H groups in total. The molecule has 0 saturated heterocycles. The van der Waals surface area contributed by atoms with Crippen molar-refractivity contribution in [2.24, 2.45) is 5.92 Å². The van der Waals surface area contributed by atoms with Gasteiger partial charge in [0.05, 0.1) is 6.42 Å². The molecule has 1 unspecified atom stereocenters. The van der Waals surface area contributed by atoms with Crippen molar-refractivity contribution in [3.8, 4) is 0 Å². The Morgan fingerprint density at radius 2 is 2.00 bits per heavy atom. The van der Waals surface area contributed by atoms with Crippen molar-refractivity contribution in [2.75, 3.05) is 13.6 Å². The molecule has 0 amide bonds. The number of carbonyl (C=O) groups is 1. The number of carboxylic acids is 1. The predicted octanol–water partition coefficient (Wildman–Crippen LogP) is 0.806. The van der Waals surface area contributed by atoms with Gasteiger partial charge in [0.15, 0.2) is 0 Å². The average Bonchev–Trinajstić information content (AvgIpc) is 2.78. The summed E-state index contributed by atoms with van der Waals surface area (Å²) in [5, 5.41) is 8.54. The van der Waals surface area contributed by atoms with E-state index in [1.807, 2.05) is 6.92 Å². The third-order valence-corrected chi connectivity index (χ3v) is 5.17. The molecule has 1 fully saturated rings. The summed E-state index contributed by atoms with van der Waals surface area (Å²) < 4.78 is 27.6. The van der Waals surface area contributed by atoms with Gasteiger partial charge in [0.2, 0.25) is 0 Å². The molecule has 1 saturated carbocycles. The van der Waals surface area contributed by atoms with Crippen molar-refractivity contribution in [2.45, 2.75) is 45.1 Å². The lowest BCUT2D eigenvalue weighted by Gasteiger charge is -2.24. The van der Waals surface area contributed by atoms with Crippen LogP contribution in [0.2, 0.25) is 0 Å². The highest BCUT2D eigenvalue weighted by molar-refractivity contribution is 7.87. The number of aliphatic carboxylic acids is 1. The van der Waals surface area contributed by atoms with Gasteiger partial charge < -0.3 is 5.11 Å². The minimum Gasteiger partial charge on any atom is -0.481 e. The summed E-state index contributed by atoms with van der Waals surface area (Å²) in [5.74, 6) is -0.603. The minimum atomic E-state index is -3.57. The van der Waals surface area contributed by atoms with E-state index in [9.17, 15) is 13.2 Å². The third kappa shape index (κ3) is 4.55. The van der Waals surface area contributed by atoms with E-state index in [2.05, 4.69) is 4.72 Å². The maximum Gasteiger partial charge on any atom is 0.304 e. The van der Waals surface area contributed by atoms with E-state index in [0.717, 1.165) is 30.0 Å². The van der Waals surface area contributed by atoms with Gasteiger partial charge >= 0.3 is 5.97 Å². The van der Waals surface area contributed by atoms with Crippen molar-refractivity contribution in [3.63, 3.8) is 0 Å². The minimum absolute atomic E-state index is 0.0119. The van der Waals surface area contributed by atoms with Crippen LogP contribution in [0.3, 0.4) is 0 Å². The first-order valence-electron chi connectivity index (χ1n) is 6.28. The molecule has 0 aromatic rings. The van der Waals surface area contributed by atoms with E-state index < -0.39 is 16.2 Å². The Balaban J connectivity index is 2.49. The molecular formula is C11H22N2O4S. The van der Waals surface area contributed by atoms with Crippen molar-refractivity contribution >= 4 is 16.2 Å². The Labute approximate surface area is 109 Å². The van der Waals surface area contributed by atoms with E-state index in [-0.39, 0.29) is 19.0 Å². The van der Waals surface area contributed by atoms with Crippen molar-refractivity contribution in [3.05, 3.63) is 0 Å². The lowest BCUT2D eigenvalue weighted by Crippen LogP contribution is -2.45. The smallest absolute Gasteiger partial charge is 0.304 e. The molecule has 18 heavy (non-hydrogen) atoms.